The molecule has 36 atom stereocenters. The molecule has 0 aromatic rings. The lowest BCUT2D eigenvalue weighted by Crippen LogP contribution is -2.72. The van der Waals surface area contributed by atoms with Gasteiger partial charge in [0.1, 0.15) is 165 Å². The Bertz CT molecular complexity index is 2540. The number of aliphatic hydroxyl groups excluding tert-OH is 20. The minimum Gasteiger partial charge on any atom is -0.477 e. The van der Waals surface area contributed by atoms with Crippen LogP contribution in [-0.4, -0.2) is 403 Å². The van der Waals surface area contributed by atoms with Crippen molar-refractivity contribution in [2.45, 2.75) is 254 Å². The molecule has 0 aromatic carbocycles. The fourth-order valence-corrected chi connectivity index (χ4v) is 12.3. The highest BCUT2D eigenvalue weighted by molar-refractivity contribution is 5.77. The molecule has 7 aliphatic rings. The minimum absolute atomic E-state index is 0.857. The molecular formula is C53H88N4O39. The Morgan fingerprint density at radius 3 is 1.17 bits per heavy atom. The topological polar surface area (TPSA) is 678 Å². The van der Waals surface area contributed by atoms with Crippen molar-refractivity contribution in [2.75, 3.05) is 46.2 Å². The summed E-state index contributed by atoms with van der Waals surface area (Å²) in [5.41, 5.74) is 0. The zero-order chi connectivity index (χ0) is 71.3. The monoisotopic (exact) mass is 1400 g/mol. The van der Waals surface area contributed by atoms with E-state index in [1.54, 1.807) is 0 Å². The number of rotatable bonds is 26. The van der Waals surface area contributed by atoms with Crippen LogP contribution >= 0.6 is 0 Å². The van der Waals surface area contributed by atoms with Crippen LogP contribution in [0.5, 0.6) is 0 Å². The fourth-order valence-electron chi connectivity index (χ4n) is 12.3. The first-order valence-corrected chi connectivity index (χ1v) is 30.2. The van der Waals surface area contributed by atoms with E-state index in [0.29, 0.717) is 0 Å². The van der Waals surface area contributed by atoms with Gasteiger partial charge in [0.2, 0.25) is 23.6 Å². The molecule has 43 heteroatoms. The summed E-state index contributed by atoms with van der Waals surface area (Å²) >= 11 is 0. The lowest BCUT2D eigenvalue weighted by Gasteiger charge is -2.53. The molecule has 554 valence electrons. The average molecular weight is 1410 g/mol. The second kappa shape index (κ2) is 34.1. The maximum atomic E-state index is 13.7. The Hall–Kier alpha value is -3.97. The van der Waals surface area contributed by atoms with Crippen molar-refractivity contribution < 1.29 is 193 Å². The molecule has 0 bridgehead atoms. The van der Waals surface area contributed by atoms with Gasteiger partial charge in [0.05, 0.1) is 58.4 Å². The third-order valence-corrected chi connectivity index (χ3v) is 17.1. The molecule has 96 heavy (non-hydrogen) atoms. The maximum Gasteiger partial charge on any atom is 0.364 e. The molecule has 0 spiro atoms. The summed E-state index contributed by atoms with van der Waals surface area (Å²) in [5.74, 6) is -9.33. The first-order valence-electron chi connectivity index (χ1n) is 30.2. The Morgan fingerprint density at radius 2 is 0.750 bits per heavy atom. The quantitative estimate of drug-likeness (QED) is 0.0382. The normalized spacial score (nSPS) is 46.0. The van der Waals surface area contributed by atoms with Gasteiger partial charge in [0.15, 0.2) is 37.7 Å². The van der Waals surface area contributed by atoms with Crippen LogP contribution in [0.25, 0.3) is 0 Å². The van der Waals surface area contributed by atoms with Crippen molar-refractivity contribution in [3.05, 3.63) is 0 Å². The van der Waals surface area contributed by atoms with Gasteiger partial charge in [-0.2, -0.15) is 0 Å². The molecule has 0 aromatic heterocycles. The van der Waals surface area contributed by atoms with Crippen molar-refractivity contribution in [2.24, 2.45) is 0 Å². The van der Waals surface area contributed by atoms with E-state index in [9.17, 15) is 131 Å². The molecule has 7 rings (SSSR count). The van der Waals surface area contributed by atoms with Gasteiger partial charge in [-0.3, -0.25) is 19.2 Å². The Kier molecular flexibility index (Phi) is 28.2. The first kappa shape index (κ1) is 79.4. The number of aliphatic hydroxyl groups is 20. The summed E-state index contributed by atoms with van der Waals surface area (Å²) in [5, 5.41) is 240. The zero-order valence-corrected chi connectivity index (χ0v) is 51.6. The van der Waals surface area contributed by atoms with Gasteiger partial charge in [0, 0.05) is 34.1 Å². The van der Waals surface area contributed by atoms with E-state index in [0.717, 1.165) is 27.7 Å². The van der Waals surface area contributed by atoms with Crippen LogP contribution in [0.3, 0.4) is 0 Å². The van der Waals surface area contributed by atoms with E-state index < -0.39 is 303 Å². The molecule has 25 N–H and O–H groups in total. The highest BCUT2D eigenvalue weighted by atomic mass is 16.8. The van der Waals surface area contributed by atoms with E-state index in [1.807, 2.05) is 0 Å². The number of amides is 4. The third kappa shape index (κ3) is 17.3. The molecule has 0 radical (unpaired) electrons. The molecule has 7 fully saturated rings. The van der Waals surface area contributed by atoms with E-state index in [4.69, 9.17) is 61.6 Å². The number of ether oxygens (including phenoxy) is 13. The highest BCUT2D eigenvalue weighted by Gasteiger charge is 2.63. The number of aliphatic carboxylic acids is 1. The first-order chi connectivity index (χ1) is 45.2. The summed E-state index contributed by atoms with van der Waals surface area (Å²) in [6.45, 7) is -4.32. The third-order valence-electron chi connectivity index (χ3n) is 17.1. The van der Waals surface area contributed by atoms with Gasteiger partial charge in [0.25, 0.3) is 5.79 Å². The number of hydrogen-bond donors (Lipinski definition) is 25. The molecule has 4 amide bonds. The predicted molar refractivity (Wildman–Crippen MR) is 295 cm³/mol. The van der Waals surface area contributed by atoms with E-state index >= 15 is 0 Å². The van der Waals surface area contributed by atoms with Crippen LogP contribution in [0, 0.1) is 0 Å². The number of hydrogen-bond acceptors (Lipinski definition) is 38. The smallest absolute Gasteiger partial charge is 0.364 e. The molecule has 43 nitrogen and oxygen atoms in total. The molecular weight excluding hydrogens is 1320 g/mol. The van der Waals surface area contributed by atoms with Crippen LogP contribution in [-0.2, 0) is 85.6 Å². The van der Waals surface area contributed by atoms with Crippen LogP contribution in [0.15, 0.2) is 0 Å². The van der Waals surface area contributed by atoms with E-state index in [-0.39, 0.29) is 0 Å². The number of nitrogens with one attached hydrogen (secondary N) is 4. The standard InChI is InChI=1S/C53H88N4O39/c1-13(65)54-25-17(69)5-53(52(82)83,95-43(25)29(71)18(70)6-58)96-45-38(80)51(89-24(12-64)42(45)93-48-27(56-15(3)67)33(75)31(73)20(8-60)86-48)90-39-22(10-62)87-49(28(34(39)76)57-16(4)68)94-44-37(79)50(91-40-21(9-61)84-46(81)36(78)35(40)77)88-23(11-63)41(44)92-47-26(55-14(2)66)32(74)30(72)19(7-59)85-47/h17-51,58-64,69-81H,5-12H2,1-4H3,(H,54,65)(H,55,66)(H,56,67)(H,57,68)(H,82,83)/t17-,18+,19+,20+,21+,22+,23+,24+,25+,26+,27+,28+,29+,30-,31-,32+,33+,34+,35+,36+,37+,38+,39+,40+,41-,42-,43+,44+,45+,46+,47-,48+,49-,50-,51+,53-/m0/s1. The van der Waals surface area contributed by atoms with Crippen LogP contribution in [0.4, 0.5) is 0 Å². The largest absolute Gasteiger partial charge is 0.477 e. The molecule has 0 saturated carbocycles. The molecule has 7 saturated heterocycles. The van der Waals surface area contributed by atoms with Crippen LogP contribution < -0.4 is 21.3 Å². The second-order valence-corrected chi connectivity index (χ2v) is 23.9. The van der Waals surface area contributed by atoms with Gasteiger partial charge in [-0.1, -0.05) is 0 Å². The van der Waals surface area contributed by atoms with Gasteiger partial charge in [-0.05, 0) is 0 Å². The minimum atomic E-state index is -3.43. The number of carboxylic acid groups (broad SMARTS) is 1. The van der Waals surface area contributed by atoms with Crippen LogP contribution in [0.2, 0.25) is 0 Å². The van der Waals surface area contributed by atoms with Crippen molar-refractivity contribution in [3.63, 3.8) is 0 Å². The summed E-state index contributed by atoms with van der Waals surface area (Å²) in [4.78, 5) is 64.3. The van der Waals surface area contributed by atoms with Crippen molar-refractivity contribution in [1.29, 1.82) is 0 Å². The number of carbonyl (C=O) groups excluding carboxylic acids is 4. The lowest BCUT2D eigenvalue weighted by molar-refractivity contribution is -0.404. The van der Waals surface area contributed by atoms with Crippen LogP contribution in [0.1, 0.15) is 34.1 Å². The Balaban J connectivity index is 1.29. The highest BCUT2D eigenvalue weighted by Crippen LogP contribution is 2.42. The van der Waals surface area contributed by atoms with Gasteiger partial charge in [-0.25, -0.2) is 4.79 Å². The van der Waals surface area contributed by atoms with Crippen molar-refractivity contribution >= 4 is 29.6 Å². The molecule has 7 aliphatic heterocycles. The molecule has 0 unspecified atom stereocenters. The number of carbonyl (C=O) groups is 5. The lowest BCUT2D eigenvalue weighted by atomic mass is 9.88. The molecule has 7 heterocycles. The average Bonchev–Trinajstić information content (AvgIpc) is 0.757. The summed E-state index contributed by atoms with van der Waals surface area (Å²) in [6, 6.07) is -7.50. The molecule has 0 aliphatic carbocycles. The Morgan fingerprint density at radius 1 is 0.406 bits per heavy atom. The zero-order valence-electron chi connectivity index (χ0n) is 51.6. The van der Waals surface area contributed by atoms with Gasteiger partial charge >= 0.3 is 5.97 Å². The van der Waals surface area contributed by atoms with Crippen molar-refractivity contribution in [1.82, 2.24) is 21.3 Å². The number of carboxylic acids is 1. The van der Waals surface area contributed by atoms with Gasteiger partial charge in [-0.15, -0.1) is 0 Å². The SMILES string of the molecule is CC(=O)N[C@H]1[C@H](O[C@@H]2[C@@H](O)[C@H](O[C@H]3[C@H](O)[C@@H](O)[C@H](O)O[C@@H]3CO)O[C@H](CO)[C@@H]2O[C@@H]2O[C@H](CO)[C@H](O)[C@H](O)[C@H]2NC(C)=O)O[C@H](CO)[C@@H](O[C@H]2O[C@H](CO)[C@H](O[C@H]3O[C@H](CO)[C@H](O)[C@H](O)[C@H]3NC(C)=O)[C@H](O[C@]3(C(=O)O)C[C@H](O)[C@@H](NC(C)=O)[C@H]([C@H](O)[C@H](O)CO)O3)[C@H]2O)[C@@H]1O. The van der Waals surface area contributed by atoms with Gasteiger partial charge < -0.3 is 190 Å². The maximum absolute atomic E-state index is 13.7. The van der Waals surface area contributed by atoms with E-state index in [1.165, 1.54) is 0 Å². The Labute approximate surface area is 543 Å². The summed E-state index contributed by atoms with van der Waals surface area (Å²) in [6.07, 6.45) is -67.5. The fraction of sp³-hybridized carbons (Fsp3) is 0.906. The second-order valence-electron chi connectivity index (χ2n) is 23.9. The van der Waals surface area contributed by atoms with E-state index in [2.05, 4.69) is 21.3 Å². The van der Waals surface area contributed by atoms with Crippen molar-refractivity contribution in [3.8, 4) is 0 Å². The summed E-state index contributed by atoms with van der Waals surface area (Å²) in [7, 11) is 0. The summed E-state index contributed by atoms with van der Waals surface area (Å²) < 4.78 is 77.1. The predicted octanol–water partition coefficient (Wildman–Crippen LogP) is -16.5.